The Balaban J connectivity index is 2.40. The SMILES string of the molecule is CCN(CC1CC1)CC(NC(C)C)C(=O)O. The lowest BCUT2D eigenvalue weighted by atomic mass is 10.2. The van der Waals surface area contributed by atoms with E-state index in [2.05, 4.69) is 17.1 Å². The van der Waals surface area contributed by atoms with Gasteiger partial charge in [0.2, 0.25) is 0 Å². The van der Waals surface area contributed by atoms with Gasteiger partial charge < -0.3 is 15.3 Å². The summed E-state index contributed by atoms with van der Waals surface area (Å²) >= 11 is 0. The van der Waals surface area contributed by atoms with Crippen molar-refractivity contribution >= 4 is 5.97 Å². The summed E-state index contributed by atoms with van der Waals surface area (Å²) in [6.45, 7) is 8.65. The van der Waals surface area contributed by atoms with Gasteiger partial charge in [0.15, 0.2) is 0 Å². The van der Waals surface area contributed by atoms with Crippen molar-refractivity contribution < 1.29 is 9.90 Å². The molecule has 1 fully saturated rings. The van der Waals surface area contributed by atoms with Gasteiger partial charge in [0.1, 0.15) is 6.04 Å². The molecule has 1 atom stereocenters. The zero-order valence-electron chi connectivity index (χ0n) is 10.6. The van der Waals surface area contributed by atoms with E-state index in [1.165, 1.54) is 12.8 Å². The summed E-state index contributed by atoms with van der Waals surface area (Å²) in [6.07, 6.45) is 2.62. The Kier molecular flexibility index (Phi) is 5.22. The Morgan fingerprint density at radius 3 is 2.50 bits per heavy atom. The fourth-order valence-electron chi connectivity index (χ4n) is 1.86. The Hall–Kier alpha value is -0.610. The molecule has 1 unspecified atom stereocenters. The summed E-state index contributed by atoms with van der Waals surface area (Å²) < 4.78 is 0. The van der Waals surface area contributed by atoms with E-state index < -0.39 is 12.0 Å². The molecule has 1 aliphatic rings. The van der Waals surface area contributed by atoms with E-state index in [0.29, 0.717) is 6.54 Å². The topological polar surface area (TPSA) is 52.6 Å². The highest BCUT2D eigenvalue weighted by Crippen LogP contribution is 2.29. The van der Waals surface area contributed by atoms with Crippen LogP contribution in [0.1, 0.15) is 33.6 Å². The zero-order valence-corrected chi connectivity index (χ0v) is 10.6. The van der Waals surface area contributed by atoms with Crippen molar-refractivity contribution in [2.24, 2.45) is 5.92 Å². The molecule has 0 amide bonds. The van der Waals surface area contributed by atoms with E-state index in [0.717, 1.165) is 19.0 Å². The third kappa shape index (κ3) is 4.94. The van der Waals surface area contributed by atoms with E-state index in [1.54, 1.807) is 0 Å². The number of carboxylic acids is 1. The molecule has 0 bridgehead atoms. The Morgan fingerprint density at radius 2 is 2.12 bits per heavy atom. The maximum atomic E-state index is 11.1. The first-order valence-corrected chi connectivity index (χ1v) is 6.24. The van der Waals surface area contributed by atoms with Gasteiger partial charge in [-0.3, -0.25) is 4.79 Å². The highest BCUT2D eigenvalue weighted by atomic mass is 16.4. The highest BCUT2D eigenvalue weighted by Gasteiger charge is 2.27. The van der Waals surface area contributed by atoms with Crippen LogP contribution in [0.5, 0.6) is 0 Å². The number of hydrogen-bond acceptors (Lipinski definition) is 3. The third-order valence-corrected chi connectivity index (χ3v) is 2.93. The molecule has 0 saturated heterocycles. The number of rotatable bonds is 8. The van der Waals surface area contributed by atoms with Crippen LogP contribution in [0, 0.1) is 5.92 Å². The Morgan fingerprint density at radius 1 is 1.50 bits per heavy atom. The lowest BCUT2D eigenvalue weighted by Crippen LogP contribution is -2.49. The number of likely N-dealkylation sites (N-methyl/N-ethyl adjacent to an activating group) is 1. The van der Waals surface area contributed by atoms with Crippen molar-refractivity contribution in [1.82, 2.24) is 10.2 Å². The molecule has 0 spiro atoms. The maximum Gasteiger partial charge on any atom is 0.322 e. The molecule has 1 saturated carbocycles. The van der Waals surface area contributed by atoms with Crippen LogP contribution in [0.2, 0.25) is 0 Å². The number of nitrogens with zero attached hydrogens (tertiary/aromatic N) is 1. The van der Waals surface area contributed by atoms with Gasteiger partial charge in [0.25, 0.3) is 0 Å². The molecule has 0 radical (unpaired) electrons. The minimum atomic E-state index is -0.747. The van der Waals surface area contributed by atoms with E-state index in [-0.39, 0.29) is 6.04 Å². The molecule has 1 aliphatic carbocycles. The summed E-state index contributed by atoms with van der Waals surface area (Å²) in [5.74, 6) is 0.0661. The first kappa shape index (κ1) is 13.5. The average Bonchev–Trinajstić information content (AvgIpc) is 2.98. The molecule has 0 aliphatic heterocycles. The lowest BCUT2D eigenvalue weighted by molar-refractivity contribution is -0.140. The van der Waals surface area contributed by atoms with Gasteiger partial charge in [0.05, 0.1) is 0 Å². The van der Waals surface area contributed by atoms with Crippen LogP contribution < -0.4 is 5.32 Å². The fraction of sp³-hybridized carbons (Fsp3) is 0.917. The van der Waals surface area contributed by atoms with E-state index in [9.17, 15) is 4.79 Å². The standard InChI is InChI=1S/C12H24N2O2/c1-4-14(7-10-5-6-10)8-11(12(15)16)13-9(2)3/h9-11,13H,4-8H2,1-3H3,(H,15,16). The van der Waals surface area contributed by atoms with Crippen molar-refractivity contribution in [3.63, 3.8) is 0 Å². The molecular formula is C12H24N2O2. The molecule has 0 heterocycles. The van der Waals surface area contributed by atoms with E-state index in [1.807, 2.05) is 13.8 Å². The maximum absolute atomic E-state index is 11.1. The number of carbonyl (C=O) groups is 1. The summed E-state index contributed by atoms with van der Waals surface area (Å²) in [7, 11) is 0. The summed E-state index contributed by atoms with van der Waals surface area (Å²) in [5.41, 5.74) is 0. The predicted molar refractivity (Wildman–Crippen MR) is 64.5 cm³/mol. The van der Waals surface area contributed by atoms with Gasteiger partial charge >= 0.3 is 5.97 Å². The smallest absolute Gasteiger partial charge is 0.322 e. The molecule has 4 nitrogen and oxygen atoms in total. The van der Waals surface area contributed by atoms with Crippen molar-refractivity contribution in [1.29, 1.82) is 0 Å². The van der Waals surface area contributed by atoms with Crippen molar-refractivity contribution in [3.8, 4) is 0 Å². The van der Waals surface area contributed by atoms with Crippen molar-refractivity contribution in [2.45, 2.75) is 45.7 Å². The molecule has 94 valence electrons. The van der Waals surface area contributed by atoms with Gasteiger partial charge in [-0.05, 0) is 25.3 Å². The van der Waals surface area contributed by atoms with Gasteiger partial charge in [-0.25, -0.2) is 0 Å². The van der Waals surface area contributed by atoms with Crippen molar-refractivity contribution in [3.05, 3.63) is 0 Å². The van der Waals surface area contributed by atoms with Gasteiger partial charge in [-0.1, -0.05) is 20.8 Å². The number of nitrogens with one attached hydrogen (secondary N) is 1. The third-order valence-electron chi connectivity index (χ3n) is 2.93. The summed E-state index contributed by atoms with van der Waals surface area (Å²) in [5, 5.41) is 12.2. The second-order valence-corrected chi connectivity index (χ2v) is 5.01. The van der Waals surface area contributed by atoms with Crippen LogP contribution in [0.25, 0.3) is 0 Å². The number of hydrogen-bond donors (Lipinski definition) is 2. The number of aliphatic carboxylic acids is 1. The molecule has 0 aromatic heterocycles. The molecule has 4 heteroatoms. The van der Waals surface area contributed by atoms with Crippen LogP contribution in [-0.4, -0.2) is 47.7 Å². The first-order valence-electron chi connectivity index (χ1n) is 6.24. The van der Waals surface area contributed by atoms with E-state index >= 15 is 0 Å². The molecule has 16 heavy (non-hydrogen) atoms. The zero-order chi connectivity index (χ0) is 12.1. The van der Waals surface area contributed by atoms with Crippen LogP contribution >= 0.6 is 0 Å². The predicted octanol–water partition coefficient (Wildman–Crippen LogP) is 1.17. The minimum Gasteiger partial charge on any atom is -0.480 e. The quantitative estimate of drug-likeness (QED) is 0.655. The van der Waals surface area contributed by atoms with Gasteiger partial charge in [-0.2, -0.15) is 0 Å². The fourth-order valence-corrected chi connectivity index (χ4v) is 1.86. The summed E-state index contributed by atoms with van der Waals surface area (Å²) in [4.78, 5) is 13.3. The molecule has 1 rings (SSSR count). The lowest BCUT2D eigenvalue weighted by Gasteiger charge is -2.26. The highest BCUT2D eigenvalue weighted by molar-refractivity contribution is 5.73. The van der Waals surface area contributed by atoms with Gasteiger partial charge in [-0.15, -0.1) is 0 Å². The largest absolute Gasteiger partial charge is 0.480 e. The van der Waals surface area contributed by atoms with Gasteiger partial charge in [0, 0.05) is 19.1 Å². The molecule has 0 aromatic rings. The second-order valence-electron chi connectivity index (χ2n) is 5.01. The molecule has 0 aromatic carbocycles. The minimum absolute atomic E-state index is 0.209. The molecule has 2 N–H and O–H groups in total. The molecular weight excluding hydrogens is 204 g/mol. The van der Waals surface area contributed by atoms with E-state index in [4.69, 9.17) is 5.11 Å². The van der Waals surface area contributed by atoms with Crippen LogP contribution in [0.3, 0.4) is 0 Å². The average molecular weight is 228 g/mol. The number of carboxylic acid groups (broad SMARTS) is 1. The Bertz CT molecular complexity index is 227. The summed E-state index contributed by atoms with van der Waals surface area (Å²) in [6, 6.07) is -0.237. The normalized spacial score (nSPS) is 18.1. The van der Waals surface area contributed by atoms with Crippen LogP contribution in [-0.2, 0) is 4.79 Å². The first-order chi connectivity index (χ1) is 7.52. The second kappa shape index (κ2) is 6.21. The monoisotopic (exact) mass is 228 g/mol. The van der Waals surface area contributed by atoms with Crippen LogP contribution in [0.15, 0.2) is 0 Å². The van der Waals surface area contributed by atoms with Crippen molar-refractivity contribution in [2.75, 3.05) is 19.6 Å². The van der Waals surface area contributed by atoms with Crippen LogP contribution in [0.4, 0.5) is 0 Å². The Labute approximate surface area is 98.0 Å².